The van der Waals surface area contributed by atoms with Crippen molar-refractivity contribution in [3.8, 4) is 11.5 Å². The summed E-state index contributed by atoms with van der Waals surface area (Å²) in [5, 5.41) is 3.45. The lowest BCUT2D eigenvalue weighted by atomic mass is 10.2. The highest BCUT2D eigenvalue weighted by molar-refractivity contribution is 7.98. The van der Waals surface area contributed by atoms with Gasteiger partial charge in [-0.15, -0.1) is 11.8 Å². The molecule has 1 N–H and O–H groups in total. The van der Waals surface area contributed by atoms with Gasteiger partial charge >= 0.3 is 0 Å². The second kappa shape index (κ2) is 8.39. The van der Waals surface area contributed by atoms with Crippen molar-refractivity contribution in [1.82, 2.24) is 5.32 Å². The van der Waals surface area contributed by atoms with Crippen LogP contribution < -0.4 is 14.8 Å². The van der Waals surface area contributed by atoms with Gasteiger partial charge in [0.05, 0.1) is 0 Å². The molecule has 0 radical (unpaired) electrons. The van der Waals surface area contributed by atoms with E-state index in [1.807, 2.05) is 6.92 Å². The molecule has 20 heavy (non-hydrogen) atoms. The minimum atomic E-state index is 0.632. The Balaban J connectivity index is 1.89. The van der Waals surface area contributed by atoms with Gasteiger partial charge in [-0.25, -0.2) is 0 Å². The molecule has 0 atom stereocenters. The van der Waals surface area contributed by atoms with Gasteiger partial charge < -0.3 is 19.5 Å². The summed E-state index contributed by atoms with van der Waals surface area (Å²) in [5.74, 6) is 1.72. The molecule has 2 rings (SSSR count). The van der Waals surface area contributed by atoms with Crippen LogP contribution in [0.4, 0.5) is 0 Å². The average molecular weight is 297 g/mol. The van der Waals surface area contributed by atoms with Crippen LogP contribution in [-0.2, 0) is 11.3 Å². The zero-order valence-corrected chi connectivity index (χ0v) is 13.1. The van der Waals surface area contributed by atoms with Crippen LogP contribution >= 0.6 is 11.8 Å². The van der Waals surface area contributed by atoms with Crippen LogP contribution in [0.3, 0.4) is 0 Å². The number of hydrogen-bond donors (Lipinski definition) is 1. The zero-order valence-electron chi connectivity index (χ0n) is 12.2. The normalized spacial score (nSPS) is 13.5. The van der Waals surface area contributed by atoms with Gasteiger partial charge in [0.2, 0.25) is 0 Å². The van der Waals surface area contributed by atoms with Crippen molar-refractivity contribution in [3.63, 3.8) is 0 Å². The number of fused-ring (bicyclic) bond motifs is 1. The molecule has 0 saturated heterocycles. The highest BCUT2D eigenvalue weighted by Crippen LogP contribution is 2.36. The fraction of sp³-hybridized carbons (Fsp3) is 0.600. The maximum atomic E-state index is 5.64. The fourth-order valence-corrected chi connectivity index (χ4v) is 2.73. The van der Waals surface area contributed by atoms with E-state index < -0.39 is 0 Å². The van der Waals surface area contributed by atoms with Crippen LogP contribution in [-0.4, -0.2) is 39.2 Å². The van der Waals surface area contributed by atoms with Crippen molar-refractivity contribution in [2.75, 3.05) is 39.2 Å². The van der Waals surface area contributed by atoms with Gasteiger partial charge in [0.15, 0.2) is 11.5 Å². The van der Waals surface area contributed by atoms with Crippen LogP contribution in [0.5, 0.6) is 11.5 Å². The molecule has 1 aromatic rings. The van der Waals surface area contributed by atoms with Crippen molar-refractivity contribution < 1.29 is 14.2 Å². The molecule has 1 aliphatic heterocycles. The molecule has 5 heteroatoms. The summed E-state index contributed by atoms with van der Waals surface area (Å²) in [6, 6.07) is 4.17. The van der Waals surface area contributed by atoms with E-state index in [-0.39, 0.29) is 0 Å². The Bertz CT molecular complexity index is 426. The van der Waals surface area contributed by atoms with Gasteiger partial charge in [0, 0.05) is 24.7 Å². The first-order chi connectivity index (χ1) is 9.85. The molecular weight excluding hydrogens is 274 g/mol. The molecule has 0 saturated carbocycles. The Hall–Kier alpha value is -0.910. The molecule has 0 bridgehead atoms. The van der Waals surface area contributed by atoms with E-state index in [1.165, 1.54) is 10.5 Å². The third-order valence-electron chi connectivity index (χ3n) is 3.11. The lowest BCUT2D eigenvalue weighted by Gasteiger charge is -2.21. The van der Waals surface area contributed by atoms with E-state index in [1.54, 1.807) is 11.8 Å². The predicted octanol–water partition coefficient (Wildman–Crippen LogP) is 2.70. The lowest BCUT2D eigenvalue weighted by molar-refractivity contribution is 0.144. The summed E-state index contributed by atoms with van der Waals surface area (Å²) >= 11 is 1.74. The minimum Gasteiger partial charge on any atom is -0.486 e. The first-order valence-corrected chi connectivity index (χ1v) is 8.32. The minimum absolute atomic E-state index is 0.632. The van der Waals surface area contributed by atoms with Gasteiger partial charge in [-0.1, -0.05) is 0 Å². The van der Waals surface area contributed by atoms with Gasteiger partial charge in [0.1, 0.15) is 13.2 Å². The van der Waals surface area contributed by atoms with Gasteiger partial charge in [-0.3, -0.25) is 0 Å². The molecule has 0 amide bonds. The molecule has 0 unspecified atom stereocenters. The number of rotatable bonds is 8. The van der Waals surface area contributed by atoms with Crippen molar-refractivity contribution in [3.05, 3.63) is 17.7 Å². The third-order valence-corrected chi connectivity index (χ3v) is 3.93. The Labute approximate surface area is 125 Å². The SMILES string of the molecule is CCOCCCNCc1cc2c(cc1SC)OCCO2. The maximum absolute atomic E-state index is 5.64. The largest absolute Gasteiger partial charge is 0.486 e. The van der Waals surface area contributed by atoms with Crippen LogP contribution in [0.1, 0.15) is 18.9 Å². The summed E-state index contributed by atoms with van der Waals surface area (Å²) in [6.45, 7) is 6.70. The second-order valence-electron chi connectivity index (χ2n) is 4.53. The second-order valence-corrected chi connectivity index (χ2v) is 5.38. The first kappa shape index (κ1) is 15.5. The van der Waals surface area contributed by atoms with Gasteiger partial charge in [0.25, 0.3) is 0 Å². The van der Waals surface area contributed by atoms with E-state index in [4.69, 9.17) is 14.2 Å². The molecule has 0 fully saturated rings. The van der Waals surface area contributed by atoms with Gasteiger partial charge in [-0.2, -0.15) is 0 Å². The standard InChI is InChI=1S/C15H23NO3S/c1-3-17-6-4-5-16-11-12-9-13-14(10-15(12)20-2)19-8-7-18-13/h9-10,16H,3-8,11H2,1-2H3. The van der Waals surface area contributed by atoms with Crippen LogP contribution in [0.15, 0.2) is 17.0 Å². The first-order valence-electron chi connectivity index (χ1n) is 7.10. The van der Waals surface area contributed by atoms with Crippen molar-refractivity contribution in [2.24, 2.45) is 0 Å². The highest BCUT2D eigenvalue weighted by atomic mass is 32.2. The molecule has 112 valence electrons. The zero-order chi connectivity index (χ0) is 14.2. The Kier molecular flexibility index (Phi) is 6.50. The summed E-state index contributed by atoms with van der Waals surface area (Å²) in [4.78, 5) is 1.24. The number of nitrogens with one attached hydrogen (secondary N) is 1. The van der Waals surface area contributed by atoms with E-state index >= 15 is 0 Å². The maximum Gasteiger partial charge on any atom is 0.162 e. The van der Waals surface area contributed by atoms with Crippen LogP contribution in [0, 0.1) is 0 Å². The lowest BCUT2D eigenvalue weighted by Crippen LogP contribution is -2.19. The number of ether oxygens (including phenoxy) is 3. The quantitative estimate of drug-likeness (QED) is 0.590. The fourth-order valence-electron chi connectivity index (χ4n) is 2.11. The summed E-state index contributed by atoms with van der Waals surface area (Å²) in [6.07, 6.45) is 3.12. The average Bonchev–Trinajstić information content (AvgIpc) is 2.50. The Morgan fingerprint density at radius 1 is 1.25 bits per heavy atom. The number of thioether (sulfide) groups is 1. The van der Waals surface area contributed by atoms with E-state index in [2.05, 4.69) is 23.7 Å². The molecule has 1 heterocycles. The molecular formula is C15H23NO3S. The highest BCUT2D eigenvalue weighted by Gasteiger charge is 2.15. The van der Waals surface area contributed by atoms with Crippen LogP contribution in [0.25, 0.3) is 0 Å². The molecule has 0 spiro atoms. The van der Waals surface area contributed by atoms with Crippen LogP contribution in [0.2, 0.25) is 0 Å². The summed E-state index contributed by atoms with van der Waals surface area (Å²) in [7, 11) is 0. The molecule has 1 aromatic carbocycles. The van der Waals surface area contributed by atoms with E-state index in [0.717, 1.165) is 44.2 Å². The van der Waals surface area contributed by atoms with E-state index in [0.29, 0.717) is 13.2 Å². The Morgan fingerprint density at radius 2 is 2.00 bits per heavy atom. The van der Waals surface area contributed by atoms with Crippen molar-refractivity contribution >= 4 is 11.8 Å². The predicted molar refractivity (Wildman–Crippen MR) is 82.0 cm³/mol. The smallest absolute Gasteiger partial charge is 0.162 e. The number of hydrogen-bond acceptors (Lipinski definition) is 5. The summed E-state index contributed by atoms with van der Waals surface area (Å²) < 4.78 is 16.6. The number of benzene rings is 1. The molecule has 0 aliphatic carbocycles. The van der Waals surface area contributed by atoms with Crippen molar-refractivity contribution in [2.45, 2.75) is 24.8 Å². The molecule has 1 aliphatic rings. The Morgan fingerprint density at radius 3 is 2.70 bits per heavy atom. The monoisotopic (exact) mass is 297 g/mol. The molecule has 0 aromatic heterocycles. The molecule has 4 nitrogen and oxygen atoms in total. The van der Waals surface area contributed by atoms with Crippen molar-refractivity contribution in [1.29, 1.82) is 0 Å². The third kappa shape index (κ3) is 4.30. The summed E-state index contributed by atoms with van der Waals surface area (Å²) in [5.41, 5.74) is 1.26. The van der Waals surface area contributed by atoms with E-state index in [9.17, 15) is 0 Å². The van der Waals surface area contributed by atoms with Gasteiger partial charge in [-0.05, 0) is 43.8 Å². The topological polar surface area (TPSA) is 39.7 Å².